The lowest BCUT2D eigenvalue weighted by atomic mass is 10.2. The molecule has 4 nitrogen and oxygen atoms in total. The molecule has 0 fully saturated rings. The van der Waals surface area contributed by atoms with Crippen LogP contribution < -0.4 is 9.64 Å². The molecule has 2 aromatic carbocycles. The highest BCUT2D eigenvalue weighted by Crippen LogP contribution is 2.19. The number of benzene rings is 2. The Labute approximate surface area is 159 Å². The van der Waals surface area contributed by atoms with Crippen LogP contribution in [0.3, 0.4) is 0 Å². The number of nitrogens with zero attached hydrogens (tertiary/aromatic N) is 2. The first-order chi connectivity index (χ1) is 12.6. The molecule has 0 unspecified atom stereocenters. The third-order valence-corrected chi connectivity index (χ3v) is 4.19. The highest BCUT2D eigenvalue weighted by atomic mass is 79.9. The number of halogens is 2. The van der Waals surface area contributed by atoms with Gasteiger partial charge in [-0.2, -0.15) is 0 Å². The van der Waals surface area contributed by atoms with Gasteiger partial charge in [0.2, 0.25) is 0 Å². The van der Waals surface area contributed by atoms with Gasteiger partial charge in [-0.15, -0.1) is 0 Å². The van der Waals surface area contributed by atoms with E-state index >= 15 is 0 Å². The summed E-state index contributed by atoms with van der Waals surface area (Å²) >= 11 is 3.35. The average Bonchev–Trinajstić information content (AvgIpc) is 2.67. The number of amides is 1. The molecule has 1 heterocycles. The number of hydrogen-bond acceptors (Lipinski definition) is 3. The van der Waals surface area contributed by atoms with Crippen LogP contribution in [0.2, 0.25) is 0 Å². The van der Waals surface area contributed by atoms with Gasteiger partial charge in [-0.05, 0) is 60.7 Å². The van der Waals surface area contributed by atoms with Crippen molar-refractivity contribution in [1.29, 1.82) is 0 Å². The van der Waals surface area contributed by atoms with Gasteiger partial charge >= 0.3 is 0 Å². The molecule has 26 heavy (non-hydrogen) atoms. The van der Waals surface area contributed by atoms with Crippen LogP contribution in [0.25, 0.3) is 0 Å². The fourth-order valence-electron chi connectivity index (χ4n) is 2.35. The van der Waals surface area contributed by atoms with Gasteiger partial charge in [0.05, 0.1) is 12.2 Å². The van der Waals surface area contributed by atoms with Crippen molar-refractivity contribution in [2.24, 2.45) is 0 Å². The summed E-state index contributed by atoms with van der Waals surface area (Å²) in [6.45, 7) is 0.140. The van der Waals surface area contributed by atoms with E-state index in [1.807, 2.05) is 30.3 Å². The van der Waals surface area contributed by atoms with Crippen molar-refractivity contribution in [3.63, 3.8) is 0 Å². The molecule has 6 heteroatoms. The third kappa shape index (κ3) is 4.89. The van der Waals surface area contributed by atoms with Crippen LogP contribution in [0, 0.1) is 5.82 Å². The maximum atomic E-state index is 13.2. The molecule has 0 aliphatic carbocycles. The lowest BCUT2D eigenvalue weighted by molar-refractivity contribution is -0.120. The molecule has 1 amide bonds. The monoisotopic (exact) mass is 414 g/mol. The van der Waals surface area contributed by atoms with Gasteiger partial charge in [0.15, 0.2) is 6.61 Å². The number of ether oxygens (including phenoxy) is 1. The fraction of sp³-hybridized carbons (Fsp3) is 0.100. The smallest absolute Gasteiger partial charge is 0.265 e. The van der Waals surface area contributed by atoms with Crippen molar-refractivity contribution in [3.05, 3.63) is 88.9 Å². The molecule has 0 saturated carbocycles. The number of aromatic nitrogens is 1. The number of anilines is 1. The van der Waals surface area contributed by atoms with Crippen molar-refractivity contribution < 1.29 is 13.9 Å². The Hall–Kier alpha value is -2.73. The van der Waals surface area contributed by atoms with E-state index < -0.39 is 0 Å². The molecule has 0 atom stereocenters. The van der Waals surface area contributed by atoms with Crippen molar-refractivity contribution >= 4 is 27.5 Å². The zero-order valence-corrected chi connectivity index (χ0v) is 15.4. The van der Waals surface area contributed by atoms with Gasteiger partial charge < -0.3 is 9.64 Å². The number of hydrogen-bond donors (Lipinski definition) is 0. The summed E-state index contributed by atoms with van der Waals surface area (Å²) in [5, 5.41) is 0. The van der Waals surface area contributed by atoms with Crippen LogP contribution in [-0.4, -0.2) is 17.5 Å². The molecule has 0 radical (unpaired) electrons. The number of carbonyl (C=O) groups excluding carboxylic acids is 1. The molecule has 0 N–H and O–H groups in total. The Balaban J connectivity index is 1.76. The molecule has 0 spiro atoms. The van der Waals surface area contributed by atoms with E-state index in [2.05, 4.69) is 20.9 Å². The molecule has 1 aromatic heterocycles. The second kappa shape index (κ2) is 8.58. The van der Waals surface area contributed by atoms with E-state index in [0.29, 0.717) is 11.4 Å². The zero-order valence-electron chi connectivity index (χ0n) is 13.8. The number of rotatable bonds is 6. The van der Waals surface area contributed by atoms with E-state index in [0.717, 1.165) is 10.2 Å². The molecular weight excluding hydrogens is 399 g/mol. The van der Waals surface area contributed by atoms with E-state index in [1.165, 1.54) is 17.0 Å². The topological polar surface area (TPSA) is 42.4 Å². The first-order valence-corrected chi connectivity index (χ1v) is 8.75. The minimum absolute atomic E-state index is 0.133. The van der Waals surface area contributed by atoms with Gasteiger partial charge in [0.1, 0.15) is 11.6 Å². The first kappa shape index (κ1) is 18.1. The summed E-state index contributed by atoms with van der Waals surface area (Å²) in [4.78, 5) is 18.5. The lowest BCUT2D eigenvalue weighted by Gasteiger charge is -2.22. The Morgan fingerprint density at radius 2 is 1.77 bits per heavy atom. The Morgan fingerprint density at radius 3 is 2.42 bits per heavy atom. The van der Waals surface area contributed by atoms with E-state index in [9.17, 15) is 9.18 Å². The van der Waals surface area contributed by atoms with Gasteiger partial charge in [-0.1, -0.05) is 22.0 Å². The van der Waals surface area contributed by atoms with Crippen molar-refractivity contribution in [2.45, 2.75) is 6.54 Å². The first-order valence-electron chi connectivity index (χ1n) is 7.96. The van der Waals surface area contributed by atoms with Crippen molar-refractivity contribution in [3.8, 4) is 5.75 Å². The Bertz CT molecular complexity index is 855. The minimum atomic E-state index is -0.356. The summed E-state index contributed by atoms with van der Waals surface area (Å²) in [7, 11) is 0. The summed E-state index contributed by atoms with van der Waals surface area (Å²) in [6.07, 6.45) is 1.67. The predicted molar refractivity (Wildman–Crippen MR) is 101 cm³/mol. The van der Waals surface area contributed by atoms with Crippen LogP contribution in [0.1, 0.15) is 5.69 Å². The second-order valence-electron chi connectivity index (χ2n) is 5.52. The van der Waals surface area contributed by atoms with Gasteiger partial charge in [0, 0.05) is 16.4 Å². The zero-order chi connectivity index (χ0) is 18.4. The molecule has 3 aromatic rings. The standard InChI is InChI=1S/C20H16BrFN2O2/c21-15-4-10-19(11-5-15)26-14-20(25)24(13-17-3-1-2-12-23-17)18-8-6-16(22)7-9-18/h1-12H,13-14H2. The maximum Gasteiger partial charge on any atom is 0.265 e. The summed E-state index contributed by atoms with van der Waals surface area (Å²) < 4.78 is 19.7. The van der Waals surface area contributed by atoms with Gasteiger partial charge in [-0.3, -0.25) is 9.78 Å². The van der Waals surface area contributed by atoms with Crippen molar-refractivity contribution in [2.75, 3.05) is 11.5 Å². The minimum Gasteiger partial charge on any atom is -0.484 e. The average molecular weight is 415 g/mol. The Morgan fingerprint density at radius 1 is 1.04 bits per heavy atom. The molecule has 0 bridgehead atoms. The van der Waals surface area contributed by atoms with Crippen molar-refractivity contribution in [1.82, 2.24) is 4.98 Å². The highest BCUT2D eigenvalue weighted by molar-refractivity contribution is 9.10. The van der Waals surface area contributed by atoms with Crippen LogP contribution in [0.15, 0.2) is 77.4 Å². The normalized spacial score (nSPS) is 10.4. The van der Waals surface area contributed by atoms with Crippen LogP contribution >= 0.6 is 15.9 Å². The summed E-state index contributed by atoms with van der Waals surface area (Å²) in [5.74, 6) is -0.00582. The molecule has 0 aliphatic rings. The highest BCUT2D eigenvalue weighted by Gasteiger charge is 2.17. The lowest BCUT2D eigenvalue weighted by Crippen LogP contribution is -2.34. The summed E-state index contributed by atoms with van der Waals surface area (Å²) in [5.41, 5.74) is 1.32. The van der Waals surface area contributed by atoms with Gasteiger partial charge in [0.25, 0.3) is 5.91 Å². The van der Waals surface area contributed by atoms with E-state index in [-0.39, 0.29) is 24.9 Å². The third-order valence-electron chi connectivity index (χ3n) is 3.66. The fourth-order valence-corrected chi connectivity index (χ4v) is 2.62. The van der Waals surface area contributed by atoms with E-state index in [1.54, 1.807) is 30.5 Å². The SMILES string of the molecule is O=C(COc1ccc(Br)cc1)N(Cc1ccccn1)c1ccc(F)cc1. The second-order valence-corrected chi connectivity index (χ2v) is 6.44. The molecule has 132 valence electrons. The summed E-state index contributed by atoms with van der Waals surface area (Å²) in [6, 6.07) is 18.5. The van der Waals surface area contributed by atoms with Crippen LogP contribution in [0.4, 0.5) is 10.1 Å². The molecule has 0 aliphatic heterocycles. The quantitative estimate of drug-likeness (QED) is 0.591. The largest absolute Gasteiger partial charge is 0.484 e. The molecule has 0 saturated heterocycles. The molecular formula is C20H16BrFN2O2. The van der Waals surface area contributed by atoms with Gasteiger partial charge in [-0.25, -0.2) is 4.39 Å². The van der Waals surface area contributed by atoms with Crippen LogP contribution in [-0.2, 0) is 11.3 Å². The van der Waals surface area contributed by atoms with E-state index in [4.69, 9.17) is 4.74 Å². The predicted octanol–water partition coefficient (Wildman–Crippen LogP) is 4.60. The Kier molecular flexibility index (Phi) is 5.96. The number of pyridine rings is 1. The van der Waals surface area contributed by atoms with Crippen LogP contribution in [0.5, 0.6) is 5.75 Å². The molecule has 3 rings (SSSR count). The maximum absolute atomic E-state index is 13.2. The number of carbonyl (C=O) groups is 1.